The molecule has 2 aromatic rings. The second-order valence-corrected chi connectivity index (χ2v) is 3.10. The van der Waals surface area contributed by atoms with Gasteiger partial charge in [0, 0.05) is 6.72 Å². The number of hydrogen-bond donors (Lipinski definition) is 0. The predicted octanol–water partition coefficient (Wildman–Crippen LogP) is 2.51. The SMILES string of the molecule is [CH]=Nc1nc2ccccc2s1. The lowest BCUT2D eigenvalue weighted by atomic mass is 10.3. The van der Waals surface area contributed by atoms with E-state index in [1.54, 1.807) is 0 Å². The van der Waals surface area contributed by atoms with Crippen LogP contribution < -0.4 is 0 Å². The van der Waals surface area contributed by atoms with Gasteiger partial charge in [0.05, 0.1) is 10.2 Å². The van der Waals surface area contributed by atoms with Crippen molar-refractivity contribution in [3.05, 3.63) is 24.3 Å². The lowest BCUT2D eigenvalue weighted by Gasteiger charge is -1.80. The molecule has 2 rings (SSSR count). The fraction of sp³-hybridized carbons (Fsp3) is 0. The topological polar surface area (TPSA) is 25.2 Å². The average molecular weight is 161 g/mol. The highest BCUT2D eigenvalue weighted by Gasteiger charge is 1.98. The monoisotopic (exact) mass is 161 g/mol. The molecule has 0 saturated carbocycles. The summed E-state index contributed by atoms with van der Waals surface area (Å²) in [6, 6.07) is 7.87. The normalized spacial score (nSPS) is 10.2. The Balaban J connectivity index is 2.78. The Bertz CT molecular complexity index is 359. The molecule has 2 nitrogen and oxygen atoms in total. The Morgan fingerprint density at radius 1 is 1.36 bits per heavy atom. The Hall–Kier alpha value is -1.22. The Morgan fingerprint density at radius 2 is 2.18 bits per heavy atom. The van der Waals surface area contributed by atoms with Crippen LogP contribution in [0.5, 0.6) is 0 Å². The quantitative estimate of drug-likeness (QED) is 0.590. The van der Waals surface area contributed by atoms with Crippen LogP contribution in [0.25, 0.3) is 10.2 Å². The molecule has 0 saturated heterocycles. The lowest BCUT2D eigenvalue weighted by Crippen LogP contribution is -1.62. The van der Waals surface area contributed by atoms with E-state index in [1.165, 1.54) is 11.3 Å². The number of fused-ring (bicyclic) bond motifs is 1. The van der Waals surface area contributed by atoms with Gasteiger partial charge < -0.3 is 0 Å². The van der Waals surface area contributed by atoms with Gasteiger partial charge in [0.1, 0.15) is 0 Å². The molecule has 0 aliphatic rings. The number of thiazole rings is 1. The largest absolute Gasteiger partial charge is 0.226 e. The van der Waals surface area contributed by atoms with Crippen LogP contribution in [0.1, 0.15) is 0 Å². The van der Waals surface area contributed by atoms with Gasteiger partial charge in [0.25, 0.3) is 0 Å². The van der Waals surface area contributed by atoms with E-state index in [1.807, 2.05) is 24.3 Å². The first-order valence-corrected chi connectivity index (χ1v) is 3.98. The minimum atomic E-state index is 0.631. The van der Waals surface area contributed by atoms with Crippen molar-refractivity contribution in [2.24, 2.45) is 4.99 Å². The molecule has 3 heteroatoms. The van der Waals surface area contributed by atoms with Gasteiger partial charge in [-0.1, -0.05) is 23.5 Å². The zero-order valence-electron chi connectivity index (χ0n) is 5.69. The first-order chi connectivity index (χ1) is 5.40. The van der Waals surface area contributed by atoms with Crippen LogP contribution in [0.2, 0.25) is 0 Å². The maximum absolute atomic E-state index is 5.09. The van der Waals surface area contributed by atoms with Gasteiger partial charge in [-0.25, -0.2) is 9.98 Å². The first-order valence-electron chi connectivity index (χ1n) is 3.16. The van der Waals surface area contributed by atoms with Crippen molar-refractivity contribution in [2.75, 3.05) is 0 Å². The molecule has 0 bridgehead atoms. The Morgan fingerprint density at radius 3 is 2.91 bits per heavy atom. The molecule has 11 heavy (non-hydrogen) atoms. The fourth-order valence-electron chi connectivity index (χ4n) is 0.915. The van der Waals surface area contributed by atoms with Gasteiger partial charge in [-0.15, -0.1) is 0 Å². The Kier molecular flexibility index (Phi) is 1.43. The third kappa shape index (κ3) is 1.03. The second-order valence-electron chi connectivity index (χ2n) is 2.09. The number of nitrogens with zero attached hydrogens (tertiary/aromatic N) is 2. The molecule has 1 aromatic carbocycles. The summed E-state index contributed by atoms with van der Waals surface area (Å²) in [4.78, 5) is 7.67. The van der Waals surface area contributed by atoms with Gasteiger partial charge in [-0.2, -0.15) is 0 Å². The number of para-hydroxylation sites is 1. The average Bonchev–Trinajstić information content (AvgIpc) is 2.46. The van der Waals surface area contributed by atoms with E-state index >= 15 is 0 Å². The summed E-state index contributed by atoms with van der Waals surface area (Å²) >= 11 is 1.49. The second kappa shape index (κ2) is 2.43. The molecule has 1 heterocycles. The van der Waals surface area contributed by atoms with Crippen LogP contribution >= 0.6 is 11.3 Å². The van der Waals surface area contributed by atoms with Crippen molar-refractivity contribution in [1.29, 1.82) is 0 Å². The molecule has 0 N–H and O–H groups in total. The van der Waals surface area contributed by atoms with E-state index in [0.717, 1.165) is 10.2 Å². The maximum atomic E-state index is 5.09. The fourth-order valence-corrected chi connectivity index (χ4v) is 1.67. The van der Waals surface area contributed by atoms with Crippen molar-refractivity contribution >= 4 is 33.4 Å². The molecule has 0 aliphatic carbocycles. The molecule has 53 valence electrons. The van der Waals surface area contributed by atoms with Crippen molar-refractivity contribution in [3.8, 4) is 0 Å². The minimum Gasteiger partial charge on any atom is -0.226 e. The third-order valence-corrected chi connectivity index (χ3v) is 2.34. The van der Waals surface area contributed by atoms with E-state index in [0.29, 0.717) is 5.13 Å². The van der Waals surface area contributed by atoms with E-state index < -0.39 is 0 Å². The van der Waals surface area contributed by atoms with Crippen LogP contribution in [0.15, 0.2) is 29.3 Å². The van der Waals surface area contributed by atoms with E-state index in [2.05, 4.69) is 9.98 Å². The van der Waals surface area contributed by atoms with Crippen molar-refractivity contribution in [2.45, 2.75) is 0 Å². The number of aliphatic imine (C=N–C) groups is 1. The van der Waals surface area contributed by atoms with Gasteiger partial charge in [0.2, 0.25) is 5.13 Å². The molecule has 0 atom stereocenters. The highest BCUT2D eigenvalue weighted by Crippen LogP contribution is 2.26. The van der Waals surface area contributed by atoms with E-state index in [4.69, 9.17) is 6.72 Å². The number of rotatable bonds is 1. The van der Waals surface area contributed by atoms with Crippen LogP contribution in [-0.2, 0) is 0 Å². The summed E-state index contributed by atoms with van der Waals surface area (Å²) in [6.45, 7) is 5.09. The first kappa shape index (κ1) is 6.49. The number of hydrogen-bond acceptors (Lipinski definition) is 3. The standard InChI is InChI=1S/C8H5N2S/c1-9-8-10-6-4-2-3-5-7(6)11-8/h1-5H. The molecule has 0 amide bonds. The summed E-state index contributed by atoms with van der Waals surface area (Å²) in [5.41, 5.74) is 0.960. The van der Waals surface area contributed by atoms with Crippen LogP contribution in [0, 0.1) is 0 Å². The van der Waals surface area contributed by atoms with Gasteiger partial charge in [0.15, 0.2) is 0 Å². The zero-order valence-corrected chi connectivity index (χ0v) is 6.51. The van der Waals surface area contributed by atoms with Crippen molar-refractivity contribution in [1.82, 2.24) is 4.98 Å². The smallest absolute Gasteiger partial charge is 0.210 e. The lowest BCUT2D eigenvalue weighted by molar-refractivity contribution is 1.42. The summed E-state index contributed by atoms with van der Waals surface area (Å²) in [5, 5.41) is 0.631. The third-order valence-electron chi connectivity index (χ3n) is 1.39. The summed E-state index contributed by atoms with van der Waals surface area (Å²) in [7, 11) is 0. The summed E-state index contributed by atoms with van der Waals surface area (Å²) in [6.07, 6.45) is 0. The van der Waals surface area contributed by atoms with E-state index in [-0.39, 0.29) is 0 Å². The number of aromatic nitrogens is 1. The molecule has 0 unspecified atom stereocenters. The van der Waals surface area contributed by atoms with Crippen LogP contribution in [0.3, 0.4) is 0 Å². The molecule has 1 radical (unpaired) electrons. The van der Waals surface area contributed by atoms with Gasteiger partial charge in [-0.3, -0.25) is 0 Å². The van der Waals surface area contributed by atoms with Crippen molar-refractivity contribution < 1.29 is 0 Å². The van der Waals surface area contributed by atoms with Gasteiger partial charge >= 0.3 is 0 Å². The highest BCUT2D eigenvalue weighted by atomic mass is 32.1. The van der Waals surface area contributed by atoms with Crippen LogP contribution in [0.4, 0.5) is 5.13 Å². The minimum absolute atomic E-state index is 0.631. The van der Waals surface area contributed by atoms with E-state index in [9.17, 15) is 0 Å². The molecular formula is C8H5N2S. The maximum Gasteiger partial charge on any atom is 0.210 e. The van der Waals surface area contributed by atoms with Crippen molar-refractivity contribution in [3.63, 3.8) is 0 Å². The molecule has 0 aliphatic heterocycles. The molecular weight excluding hydrogens is 156 g/mol. The zero-order chi connectivity index (χ0) is 7.68. The highest BCUT2D eigenvalue weighted by molar-refractivity contribution is 7.21. The van der Waals surface area contributed by atoms with Crippen LogP contribution in [-0.4, -0.2) is 11.7 Å². The number of benzene rings is 1. The Labute approximate surface area is 68.2 Å². The molecule has 1 aromatic heterocycles. The van der Waals surface area contributed by atoms with Gasteiger partial charge in [-0.05, 0) is 12.1 Å². The molecule has 0 fully saturated rings. The predicted molar refractivity (Wildman–Crippen MR) is 47.8 cm³/mol. The summed E-state index contributed by atoms with van der Waals surface area (Å²) < 4.78 is 1.12. The molecule has 0 spiro atoms. The summed E-state index contributed by atoms with van der Waals surface area (Å²) in [5.74, 6) is 0.